The van der Waals surface area contributed by atoms with Crippen LogP contribution in [0.2, 0.25) is 5.02 Å². The molecule has 0 aromatic heterocycles. The van der Waals surface area contributed by atoms with Crippen molar-refractivity contribution in [1.82, 2.24) is 0 Å². The largest absolute Gasteiger partial charge is 0.505 e. The third kappa shape index (κ3) is 2.43. The first-order valence-electron chi connectivity index (χ1n) is 4.50. The molecule has 0 aliphatic carbocycles. The fourth-order valence-corrected chi connectivity index (χ4v) is 1.41. The highest BCUT2D eigenvalue weighted by molar-refractivity contribution is 6.31. The van der Waals surface area contributed by atoms with Crippen LogP contribution in [-0.2, 0) is 9.53 Å². The van der Waals surface area contributed by atoms with Gasteiger partial charge in [-0.2, -0.15) is 0 Å². The molecule has 1 aromatic rings. The van der Waals surface area contributed by atoms with Crippen molar-refractivity contribution in [2.24, 2.45) is 0 Å². The lowest BCUT2D eigenvalue weighted by molar-refractivity contribution is -0.153. The van der Waals surface area contributed by atoms with E-state index >= 15 is 0 Å². The molecule has 1 unspecified atom stereocenters. The van der Waals surface area contributed by atoms with Gasteiger partial charge in [0.15, 0.2) is 17.7 Å². The van der Waals surface area contributed by atoms with Crippen molar-refractivity contribution in [3.63, 3.8) is 0 Å². The predicted molar refractivity (Wildman–Crippen MR) is 54.7 cm³/mol. The first-order chi connectivity index (χ1) is 7.49. The lowest BCUT2D eigenvalue weighted by atomic mass is 10.1. The van der Waals surface area contributed by atoms with E-state index in [9.17, 15) is 19.4 Å². The van der Waals surface area contributed by atoms with Gasteiger partial charge < -0.3 is 14.9 Å². The molecule has 0 saturated heterocycles. The highest BCUT2D eigenvalue weighted by Gasteiger charge is 2.26. The Hall–Kier alpha value is -1.33. The summed E-state index contributed by atoms with van der Waals surface area (Å²) in [5.74, 6) is -2.82. The SMILES string of the molecule is CCOC(=O)C(O)c1c(Cl)ccc(F)c1O. The van der Waals surface area contributed by atoms with E-state index < -0.39 is 23.6 Å². The Morgan fingerprint density at radius 1 is 1.62 bits per heavy atom. The van der Waals surface area contributed by atoms with Gasteiger partial charge in [0.05, 0.1) is 17.2 Å². The molecule has 0 heterocycles. The minimum atomic E-state index is -1.80. The van der Waals surface area contributed by atoms with Crippen LogP contribution >= 0.6 is 11.6 Å². The average molecular weight is 249 g/mol. The van der Waals surface area contributed by atoms with Crippen molar-refractivity contribution in [2.45, 2.75) is 13.0 Å². The van der Waals surface area contributed by atoms with Gasteiger partial charge in [-0.05, 0) is 19.1 Å². The Kier molecular flexibility index (Phi) is 4.09. The summed E-state index contributed by atoms with van der Waals surface area (Å²) < 4.78 is 17.5. The van der Waals surface area contributed by atoms with Crippen LogP contribution in [0.3, 0.4) is 0 Å². The van der Waals surface area contributed by atoms with Crippen LogP contribution < -0.4 is 0 Å². The third-order valence-electron chi connectivity index (χ3n) is 1.90. The Bertz CT molecular complexity index is 408. The van der Waals surface area contributed by atoms with Gasteiger partial charge in [-0.1, -0.05) is 11.6 Å². The molecule has 2 N–H and O–H groups in total. The summed E-state index contributed by atoms with van der Waals surface area (Å²) in [5.41, 5.74) is -0.389. The van der Waals surface area contributed by atoms with Gasteiger partial charge in [0.2, 0.25) is 0 Å². The standard InChI is InChI=1S/C10H10ClFO4/c1-2-16-10(15)9(14)7-5(11)3-4-6(12)8(7)13/h3-4,9,13-14H,2H2,1H3. The first-order valence-corrected chi connectivity index (χ1v) is 4.88. The molecule has 4 nitrogen and oxygen atoms in total. The van der Waals surface area contributed by atoms with Gasteiger partial charge in [-0.15, -0.1) is 0 Å². The Labute approximate surface area is 96.2 Å². The molecule has 0 amide bonds. The number of rotatable bonds is 3. The van der Waals surface area contributed by atoms with Crippen molar-refractivity contribution in [1.29, 1.82) is 0 Å². The summed E-state index contributed by atoms with van der Waals surface area (Å²) in [6, 6.07) is 2.06. The van der Waals surface area contributed by atoms with Crippen molar-refractivity contribution in [3.8, 4) is 5.75 Å². The third-order valence-corrected chi connectivity index (χ3v) is 2.23. The number of aliphatic hydroxyl groups excluding tert-OH is 1. The van der Waals surface area contributed by atoms with E-state index in [0.29, 0.717) is 0 Å². The molecule has 0 fully saturated rings. The van der Waals surface area contributed by atoms with Gasteiger partial charge in [0.1, 0.15) is 0 Å². The van der Waals surface area contributed by atoms with E-state index in [1.54, 1.807) is 6.92 Å². The number of phenolic OH excluding ortho intramolecular Hbond substituents is 1. The monoisotopic (exact) mass is 248 g/mol. The highest BCUT2D eigenvalue weighted by Crippen LogP contribution is 2.34. The predicted octanol–water partition coefficient (Wildman–Crippen LogP) is 1.78. The zero-order valence-electron chi connectivity index (χ0n) is 8.41. The molecular formula is C10H10ClFO4. The smallest absolute Gasteiger partial charge is 0.339 e. The van der Waals surface area contributed by atoms with Crippen LogP contribution in [-0.4, -0.2) is 22.8 Å². The molecule has 0 bridgehead atoms. The van der Waals surface area contributed by atoms with Gasteiger partial charge in [0, 0.05) is 0 Å². The number of phenols is 1. The summed E-state index contributed by atoms with van der Waals surface area (Å²) in [6.07, 6.45) is -1.80. The minimum Gasteiger partial charge on any atom is -0.505 e. The minimum absolute atomic E-state index is 0.0591. The summed E-state index contributed by atoms with van der Waals surface area (Å²) in [6.45, 7) is 1.61. The van der Waals surface area contributed by atoms with E-state index in [2.05, 4.69) is 4.74 Å². The average Bonchev–Trinajstić information content (AvgIpc) is 2.24. The maximum absolute atomic E-state index is 13.0. The van der Waals surface area contributed by atoms with Crippen LogP contribution in [0.15, 0.2) is 12.1 Å². The molecule has 88 valence electrons. The van der Waals surface area contributed by atoms with E-state index in [1.165, 1.54) is 0 Å². The van der Waals surface area contributed by atoms with Gasteiger partial charge in [0.25, 0.3) is 0 Å². The van der Waals surface area contributed by atoms with Crippen LogP contribution in [0, 0.1) is 5.82 Å². The van der Waals surface area contributed by atoms with Crippen LogP contribution in [0.25, 0.3) is 0 Å². The van der Waals surface area contributed by atoms with Crippen LogP contribution in [0.1, 0.15) is 18.6 Å². The van der Waals surface area contributed by atoms with E-state index in [1.807, 2.05) is 0 Å². The van der Waals surface area contributed by atoms with Crippen molar-refractivity contribution >= 4 is 17.6 Å². The first kappa shape index (κ1) is 12.7. The lowest BCUT2D eigenvalue weighted by Crippen LogP contribution is -2.16. The molecule has 16 heavy (non-hydrogen) atoms. The number of ether oxygens (including phenoxy) is 1. The van der Waals surface area contributed by atoms with Crippen molar-refractivity contribution in [2.75, 3.05) is 6.61 Å². The second kappa shape index (κ2) is 5.14. The quantitative estimate of drug-likeness (QED) is 0.801. The molecule has 0 aliphatic heterocycles. The molecule has 1 aromatic carbocycles. The van der Waals surface area contributed by atoms with E-state index in [0.717, 1.165) is 12.1 Å². The molecule has 0 aliphatic rings. The van der Waals surface area contributed by atoms with E-state index in [-0.39, 0.29) is 17.2 Å². The number of aromatic hydroxyl groups is 1. The number of esters is 1. The number of hydrogen-bond donors (Lipinski definition) is 2. The number of aliphatic hydroxyl groups is 1. The fraction of sp³-hybridized carbons (Fsp3) is 0.300. The van der Waals surface area contributed by atoms with Gasteiger partial charge >= 0.3 is 5.97 Å². The Morgan fingerprint density at radius 2 is 2.25 bits per heavy atom. The molecule has 1 rings (SSSR count). The number of halogens is 2. The second-order valence-electron chi connectivity index (χ2n) is 2.95. The maximum atomic E-state index is 13.0. The Balaban J connectivity index is 3.12. The van der Waals surface area contributed by atoms with Crippen molar-refractivity contribution in [3.05, 3.63) is 28.5 Å². The summed E-state index contributed by atoms with van der Waals surface area (Å²) in [7, 11) is 0. The van der Waals surface area contributed by atoms with Crippen molar-refractivity contribution < 1.29 is 24.1 Å². The number of benzene rings is 1. The molecule has 0 radical (unpaired) electrons. The van der Waals surface area contributed by atoms with Gasteiger partial charge in [-0.3, -0.25) is 0 Å². The molecule has 6 heteroatoms. The number of carbonyl (C=O) groups excluding carboxylic acids is 1. The zero-order chi connectivity index (χ0) is 12.3. The highest BCUT2D eigenvalue weighted by atomic mass is 35.5. The fourth-order valence-electron chi connectivity index (χ4n) is 1.16. The maximum Gasteiger partial charge on any atom is 0.339 e. The molecule has 0 saturated carbocycles. The summed E-state index contributed by atoms with van der Waals surface area (Å²) in [4.78, 5) is 11.2. The second-order valence-corrected chi connectivity index (χ2v) is 3.35. The van der Waals surface area contributed by atoms with E-state index in [4.69, 9.17) is 11.6 Å². The molecular weight excluding hydrogens is 239 g/mol. The Morgan fingerprint density at radius 3 is 2.81 bits per heavy atom. The van der Waals surface area contributed by atoms with Crippen LogP contribution in [0.4, 0.5) is 4.39 Å². The normalized spacial score (nSPS) is 12.2. The topological polar surface area (TPSA) is 66.8 Å². The number of hydrogen-bond acceptors (Lipinski definition) is 4. The summed E-state index contributed by atoms with van der Waals surface area (Å²) in [5, 5.41) is 18.7. The van der Waals surface area contributed by atoms with Gasteiger partial charge in [-0.25, -0.2) is 9.18 Å². The zero-order valence-corrected chi connectivity index (χ0v) is 9.16. The summed E-state index contributed by atoms with van der Waals surface area (Å²) >= 11 is 5.65. The van der Waals surface area contributed by atoms with Crippen LogP contribution in [0.5, 0.6) is 5.75 Å². The lowest BCUT2D eigenvalue weighted by Gasteiger charge is -2.13. The number of carbonyl (C=O) groups is 1. The molecule has 0 spiro atoms. The molecule has 1 atom stereocenters.